The Balaban J connectivity index is 1.65. The number of nitrogen functional groups attached to an aromatic ring is 1. The molecule has 1 amide bonds. The monoisotopic (exact) mass is 429 g/mol. The molecule has 3 heterocycles. The molecule has 0 unspecified atom stereocenters. The topological polar surface area (TPSA) is 129 Å². The van der Waals surface area contributed by atoms with Crippen LogP contribution in [0.4, 0.5) is 11.9 Å². The summed E-state index contributed by atoms with van der Waals surface area (Å²) in [5, 5.41) is 0. The average Bonchev–Trinajstić information content (AvgIpc) is 2.76. The fourth-order valence-electron chi connectivity index (χ4n) is 3.61. The molecular weight excluding hydrogens is 402 g/mol. The minimum atomic E-state index is -0.0661. The molecule has 0 radical (unpaired) electrons. The van der Waals surface area contributed by atoms with Crippen LogP contribution < -0.4 is 20.1 Å². The highest BCUT2D eigenvalue weighted by Gasteiger charge is 2.36. The number of carbonyl (C=O) groups excluding carboxylic acids is 1. The van der Waals surface area contributed by atoms with Crippen LogP contribution in [0.25, 0.3) is 11.3 Å². The number of anilines is 2. The average molecular weight is 429 g/mol. The van der Waals surface area contributed by atoms with Crippen molar-refractivity contribution >= 4 is 17.8 Å². The maximum absolute atomic E-state index is 11.6. The number of nitrogens with zero attached hydrogens (tertiary/aromatic N) is 6. The van der Waals surface area contributed by atoms with E-state index in [0.717, 1.165) is 12.8 Å². The van der Waals surface area contributed by atoms with E-state index in [9.17, 15) is 4.79 Å². The number of nitrogens with two attached hydrogens (primary N) is 1. The highest BCUT2D eigenvalue weighted by atomic mass is 16.5. The molecule has 11 heteroatoms. The molecule has 11 nitrogen and oxygen atoms in total. The van der Waals surface area contributed by atoms with E-state index in [-0.39, 0.29) is 24.0 Å². The number of aromatic nitrogens is 4. The zero-order chi connectivity index (χ0) is 22.0. The van der Waals surface area contributed by atoms with Crippen LogP contribution in [-0.4, -0.2) is 83.3 Å². The second kappa shape index (κ2) is 8.88. The molecule has 1 aliphatic heterocycles. The summed E-state index contributed by atoms with van der Waals surface area (Å²) in [4.78, 5) is 32.9. The van der Waals surface area contributed by atoms with Crippen LogP contribution in [0.2, 0.25) is 0 Å². The van der Waals surface area contributed by atoms with Gasteiger partial charge in [-0.15, -0.1) is 0 Å². The van der Waals surface area contributed by atoms with Gasteiger partial charge >= 0.3 is 0 Å². The molecule has 0 atom stereocenters. The Morgan fingerprint density at radius 1 is 1.23 bits per heavy atom. The quantitative estimate of drug-likeness (QED) is 0.702. The number of morpholine rings is 1. The second-order valence-corrected chi connectivity index (χ2v) is 7.63. The van der Waals surface area contributed by atoms with E-state index < -0.39 is 0 Å². The number of hydrogen-bond acceptors (Lipinski definition) is 10. The van der Waals surface area contributed by atoms with E-state index in [2.05, 4.69) is 15.0 Å². The van der Waals surface area contributed by atoms with Crippen molar-refractivity contribution in [3.63, 3.8) is 0 Å². The second-order valence-electron chi connectivity index (χ2n) is 7.63. The molecule has 1 saturated carbocycles. The smallest absolute Gasteiger partial charge is 0.262 e. The summed E-state index contributed by atoms with van der Waals surface area (Å²) in [6.07, 6.45) is 4.60. The van der Waals surface area contributed by atoms with E-state index in [1.54, 1.807) is 31.3 Å². The molecule has 1 aliphatic carbocycles. The van der Waals surface area contributed by atoms with Gasteiger partial charge in [-0.3, -0.25) is 4.79 Å². The molecular formula is C20H27N7O4. The van der Waals surface area contributed by atoms with Crippen molar-refractivity contribution in [3.8, 4) is 22.9 Å². The van der Waals surface area contributed by atoms with E-state index in [0.29, 0.717) is 55.1 Å². The van der Waals surface area contributed by atoms with Crippen molar-refractivity contribution < 1.29 is 19.0 Å². The molecule has 2 aromatic rings. The van der Waals surface area contributed by atoms with Gasteiger partial charge in [0.25, 0.3) is 5.88 Å². The fraction of sp³-hybridized carbons (Fsp3) is 0.550. The van der Waals surface area contributed by atoms with Crippen LogP contribution in [0, 0.1) is 0 Å². The van der Waals surface area contributed by atoms with Gasteiger partial charge in [-0.05, 0) is 0 Å². The van der Waals surface area contributed by atoms with Crippen LogP contribution in [0.3, 0.4) is 0 Å². The highest BCUT2D eigenvalue weighted by molar-refractivity contribution is 5.73. The van der Waals surface area contributed by atoms with E-state index in [4.69, 9.17) is 24.9 Å². The first-order valence-corrected chi connectivity index (χ1v) is 10.2. The minimum absolute atomic E-state index is 0.0447. The Hall–Kier alpha value is -3.21. The van der Waals surface area contributed by atoms with Crippen LogP contribution in [0.1, 0.15) is 19.8 Å². The standard InChI is InChI=1S/C20H27N7O4/c1-12(28)26(2)14-8-15(9-14)31-18-17(29-3)16(13-10-22-19(21)23-11-13)24-20(25-18)27-4-6-30-7-5-27/h10-11,14-15H,4-9H2,1-3H3,(H2,21,22,23). The lowest BCUT2D eigenvalue weighted by molar-refractivity contribution is -0.133. The van der Waals surface area contributed by atoms with Gasteiger partial charge in [0.05, 0.1) is 20.3 Å². The number of carbonyl (C=O) groups is 1. The molecule has 2 aromatic heterocycles. The number of ether oxygens (including phenoxy) is 3. The zero-order valence-corrected chi connectivity index (χ0v) is 17.9. The van der Waals surface area contributed by atoms with Gasteiger partial charge in [-0.25, -0.2) is 15.0 Å². The SMILES string of the molecule is COc1c(OC2CC(N(C)C(C)=O)C2)nc(N2CCOCC2)nc1-c1cnc(N)nc1. The lowest BCUT2D eigenvalue weighted by Gasteiger charge is -2.40. The first-order chi connectivity index (χ1) is 15.0. The summed E-state index contributed by atoms with van der Waals surface area (Å²) in [5.74, 6) is 1.52. The van der Waals surface area contributed by atoms with Crippen LogP contribution in [0.5, 0.6) is 11.6 Å². The molecule has 2 fully saturated rings. The maximum atomic E-state index is 11.6. The summed E-state index contributed by atoms with van der Waals surface area (Å²) >= 11 is 0. The molecule has 0 aromatic carbocycles. The van der Waals surface area contributed by atoms with Crippen LogP contribution >= 0.6 is 0 Å². The summed E-state index contributed by atoms with van der Waals surface area (Å²) in [6.45, 7) is 4.13. The predicted octanol–water partition coefficient (Wildman–Crippen LogP) is 0.749. The molecule has 0 bridgehead atoms. The molecule has 31 heavy (non-hydrogen) atoms. The number of amides is 1. The Labute approximate surface area is 180 Å². The number of methoxy groups -OCH3 is 1. The van der Waals surface area contributed by atoms with Gasteiger partial charge in [0.1, 0.15) is 11.8 Å². The Morgan fingerprint density at radius 3 is 2.52 bits per heavy atom. The van der Waals surface area contributed by atoms with Gasteiger partial charge in [-0.1, -0.05) is 0 Å². The van der Waals surface area contributed by atoms with Gasteiger partial charge in [0, 0.05) is 63.9 Å². The molecule has 2 aliphatic rings. The molecule has 2 N–H and O–H groups in total. The summed E-state index contributed by atoms with van der Waals surface area (Å²) in [5.41, 5.74) is 6.82. The van der Waals surface area contributed by atoms with Crippen molar-refractivity contribution in [2.75, 3.05) is 51.1 Å². The normalized spacial score (nSPS) is 20.7. The predicted molar refractivity (Wildman–Crippen MR) is 113 cm³/mol. The van der Waals surface area contributed by atoms with E-state index >= 15 is 0 Å². The lowest BCUT2D eigenvalue weighted by atomic mass is 9.88. The molecule has 166 valence electrons. The van der Waals surface area contributed by atoms with Gasteiger partial charge < -0.3 is 29.7 Å². The Kier molecular flexibility index (Phi) is 6.03. The largest absolute Gasteiger partial charge is 0.490 e. The Morgan fingerprint density at radius 2 is 1.90 bits per heavy atom. The van der Waals surface area contributed by atoms with Gasteiger partial charge in [0.15, 0.2) is 0 Å². The minimum Gasteiger partial charge on any atom is -0.490 e. The van der Waals surface area contributed by atoms with Gasteiger partial charge in [0.2, 0.25) is 23.6 Å². The number of hydrogen-bond donors (Lipinski definition) is 1. The van der Waals surface area contributed by atoms with Gasteiger partial charge in [-0.2, -0.15) is 4.98 Å². The van der Waals surface area contributed by atoms with Crippen molar-refractivity contribution in [2.45, 2.75) is 31.9 Å². The summed E-state index contributed by atoms with van der Waals surface area (Å²) in [7, 11) is 3.36. The molecule has 4 rings (SSSR count). The third-order valence-electron chi connectivity index (χ3n) is 5.66. The maximum Gasteiger partial charge on any atom is 0.262 e. The molecule has 1 saturated heterocycles. The number of rotatable bonds is 6. The summed E-state index contributed by atoms with van der Waals surface area (Å²) < 4.78 is 17.3. The first-order valence-electron chi connectivity index (χ1n) is 10.2. The highest BCUT2D eigenvalue weighted by Crippen LogP contribution is 2.39. The van der Waals surface area contributed by atoms with E-state index in [1.165, 1.54) is 0 Å². The third kappa shape index (κ3) is 4.46. The molecule has 0 spiro atoms. The fourth-order valence-corrected chi connectivity index (χ4v) is 3.61. The van der Waals surface area contributed by atoms with Crippen LogP contribution in [-0.2, 0) is 9.53 Å². The van der Waals surface area contributed by atoms with Crippen molar-refractivity contribution in [2.24, 2.45) is 0 Å². The summed E-state index contributed by atoms with van der Waals surface area (Å²) in [6, 6.07) is 0.166. The Bertz CT molecular complexity index is 928. The van der Waals surface area contributed by atoms with Crippen molar-refractivity contribution in [1.82, 2.24) is 24.8 Å². The lowest BCUT2D eigenvalue weighted by Crippen LogP contribution is -2.49. The first kappa shape index (κ1) is 21.0. The zero-order valence-electron chi connectivity index (χ0n) is 17.9. The van der Waals surface area contributed by atoms with Crippen molar-refractivity contribution in [1.29, 1.82) is 0 Å². The van der Waals surface area contributed by atoms with E-state index in [1.807, 2.05) is 11.9 Å². The van der Waals surface area contributed by atoms with Crippen molar-refractivity contribution in [3.05, 3.63) is 12.4 Å². The van der Waals surface area contributed by atoms with Crippen LogP contribution in [0.15, 0.2) is 12.4 Å². The third-order valence-corrected chi connectivity index (χ3v) is 5.66.